The van der Waals surface area contributed by atoms with Crippen molar-refractivity contribution in [2.24, 2.45) is 5.92 Å². The van der Waals surface area contributed by atoms with Crippen molar-refractivity contribution >= 4 is 11.8 Å². The summed E-state index contributed by atoms with van der Waals surface area (Å²) in [5.41, 5.74) is 2.22. The number of piperidine rings is 1. The maximum atomic E-state index is 13.4. The molecular formula is C23H31N5O2. The Morgan fingerprint density at radius 2 is 1.87 bits per heavy atom. The summed E-state index contributed by atoms with van der Waals surface area (Å²) in [6.45, 7) is 4.96. The van der Waals surface area contributed by atoms with E-state index in [-0.39, 0.29) is 17.7 Å². The number of amides is 2. The van der Waals surface area contributed by atoms with Crippen LogP contribution >= 0.6 is 0 Å². The van der Waals surface area contributed by atoms with Gasteiger partial charge < -0.3 is 14.7 Å². The Hall–Kier alpha value is -2.80. The summed E-state index contributed by atoms with van der Waals surface area (Å²) in [5.74, 6) is -0.219. The molecule has 1 aliphatic heterocycles. The lowest BCUT2D eigenvalue weighted by molar-refractivity contribution is -0.137. The van der Waals surface area contributed by atoms with Crippen LogP contribution in [0.5, 0.6) is 0 Å². The molecule has 1 fully saturated rings. The van der Waals surface area contributed by atoms with Crippen molar-refractivity contribution in [3.63, 3.8) is 0 Å². The van der Waals surface area contributed by atoms with Crippen molar-refractivity contribution in [3.8, 4) is 0 Å². The number of likely N-dealkylation sites (N-methyl/N-ethyl adjacent to an activating group) is 1. The second kappa shape index (κ2) is 10.3. The highest BCUT2D eigenvalue weighted by Gasteiger charge is 2.32. The van der Waals surface area contributed by atoms with E-state index in [0.717, 1.165) is 30.6 Å². The molecule has 0 spiro atoms. The van der Waals surface area contributed by atoms with Gasteiger partial charge in [-0.2, -0.15) is 0 Å². The van der Waals surface area contributed by atoms with Crippen LogP contribution in [0.2, 0.25) is 0 Å². The third-order valence-electron chi connectivity index (χ3n) is 5.40. The van der Waals surface area contributed by atoms with Crippen LogP contribution in [0.1, 0.15) is 34.6 Å². The molecule has 1 aromatic heterocycles. The van der Waals surface area contributed by atoms with Crippen LogP contribution in [0, 0.1) is 12.8 Å². The lowest BCUT2D eigenvalue weighted by Gasteiger charge is -2.35. The third-order valence-corrected chi connectivity index (χ3v) is 5.40. The van der Waals surface area contributed by atoms with E-state index < -0.39 is 0 Å². The predicted molar refractivity (Wildman–Crippen MR) is 116 cm³/mol. The highest BCUT2D eigenvalue weighted by atomic mass is 16.2. The second-order valence-electron chi connectivity index (χ2n) is 8.18. The summed E-state index contributed by atoms with van der Waals surface area (Å²) >= 11 is 0. The van der Waals surface area contributed by atoms with Gasteiger partial charge in [-0.15, -0.1) is 0 Å². The second-order valence-corrected chi connectivity index (χ2v) is 8.18. The van der Waals surface area contributed by atoms with E-state index in [2.05, 4.69) is 14.9 Å². The molecule has 1 aromatic carbocycles. The van der Waals surface area contributed by atoms with Gasteiger partial charge in [0, 0.05) is 38.9 Å². The Morgan fingerprint density at radius 1 is 1.10 bits per heavy atom. The zero-order chi connectivity index (χ0) is 21.5. The van der Waals surface area contributed by atoms with Gasteiger partial charge in [0.25, 0.3) is 5.91 Å². The van der Waals surface area contributed by atoms with Crippen molar-refractivity contribution < 1.29 is 9.59 Å². The van der Waals surface area contributed by atoms with Gasteiger partial charge in [0.05, 0.1) is 17.8 Å². The minimum atomic E-state index is -0.188. The summed E-state index contributed by atoms with van der Waals surface area (Å²) in [6, 6.07) is 10.1. The van der Waals surface area contributed by atoms with Gasteiger partial charge in [0.1, 0.15) is 5.69 Å². The lowest BCUT2D eigenvalue weighted by Crippen LogP contribution is -2.47. The minimum absolute atomic E-state index is 0.119. The maximum Gasteiger partial charge on any atom is 0.274 e. The molecular weight excluding hydrogens is 378 g/mol. The van der Waals surface area contributed by atoms with Crippen molar-refractivity contribution in [1.82, 2.24) is 24.7 Å². The smallest absolute Gasteiger partial charge is 0.274 e. The lowest BCUT2D eigenvalue weighted by atomic mass is 9.96. The van der Waals surface area contributed by atoms with Gasteiger partial charge in [0.2, 0.25) is 5.91 Å². The maximum absolute atomic E-state index is 13.4. The molecule has 30 heavy (non-hydrogen) atoms. The van der Waals surface area contributed by atoms with E-state index >= 15 is 0 Å². The third kappa shape index (κ3) is 5.86. The average molecular weight is 410 g/mol. The first-order valence-electron chi connectivity index (χ1n) is 10.5. The van der Waals surface area contributed by atoms with E-state index in [0.29, 0.717) is 31.9 Å². The topological polar surface area (TPSA) is 69.6 Å². The number of rotatable bonds is 7. The van der Waals surface area contributed by atoms with E-state index in [1.165, 1.54) is 6.20 Å². The fourth-order valence-corrected chi connectivity index (χ4v) is 3.68. The van der Waals surface area contributed by atoms with Crippen LogP contribution < -0.4 is 0 Å². The first-order valence-corrected chi connectivity index (χ1v) is 10.5. The first kappa shape index (κ1) is 21.9. The van der Waals surface area contributed by atoms with Crippen LogP contribution in [-0.2, 0) is 11.3 Å². The Balaban J connectivity index is 1.69. The molecule has 3 rings (SSSR count). The summed E-state index contributed by atoms with van der Waals surface area (Å²) in [5, 5.41) is 0. The Morgan fingerprint density at radius 3 is 2.53 bits per heavy atom. The Kier molecular flexibility index (Phi) is 7.52. The monoisotopic (exact) mass is 409 g/mol. The molecule has 1 unspecified atom stereocenters. The van der Waals surface area contributed by atoms with Crippen molar-refractivity contribution in [1.29, 1.82) is 0 Å². The van der Waals surface area contributed by atoms with Crippen molar-refractivity contribution in [2.75, 3.05) is 40.3 Å². The Bertz CT molecular complexity index is 838. The number of hydrogen-bond donors (Lipinski definition) is 0. The van der Waals surface area contributed by atoms with E-state index in [9.17, 15) is 9.59 Å². The van der Waals surface area contributed by atoms with Gasteiger partial charge in [-0.25, -0.2) is 4.98 Å². The van der Waals surface area contributed by atoms with E-state index in [1.807, 2.05) is 56.3 Å². The summed E-state index contributed by atoms with van der Waals surface area (Å²) < 4.78 is 0. The highest BCUT2D eigenvalue weighted by molar-refractivity contribution is 5.92. The highest BCUT2D eigenvalue weighted by Crippen LogP contribution is 2.21. The zero-order valence-electron chi connectivity index (χ0n) is 18.1. The van der Waals surface area contributed by atoms with Crippen LogP contribution in [0.25, 0.3) is 0 Å². The van der Waals surface area contributed by atoms with E-state index in [1.54, 1.807) is 11.1 Å². The van der Waals surface area contributed by atoms with Gasteiger partial charge in [-0.3, -0.25) is 14.6 Å². The minimum Gasteiger partial charge on any atom is -0.337 e. The standard InChI is InChI=1S/C23H31N5O2/c1-18-14-25-21(15-24-18)23(30)27-11-7-10-20(17-27)22(29)28(13-12-26(2)3)16-19-8-5-4-6-9-19/h4-6,8-9,14-15,20H,7,10-13,16-17H2,1-3H3. The quantitative estimate of drug-likeness (QED) is 0.701. The van der Waals surface area contributed by atoms with Gasteiger partial charge in [-0.1, -0.05) is 30.3 Å². The number of aryl methyl sites for hydroxylation is 1. The number of carbonyl (C=O) groups is 2. The van der Waals surface area contributed by atoms with Gasteiger partial charge in [-0.05, 0) is 39.4 Å². The molecule has 7 heteroatoms. The normalized spacial score (nSPS) is 16.5. The average Bonchev–Trinajstić information content (AvgIpc) is 2.77. The summed E-state index contributed by atoms with van der Waals surface area (Å²) in [7, 11) is 4.02. The number of aromatic nitrogens is 2. The van der Waals surface area contributed by atoms with Crippen molar-refractivity contribution in [3.05, 3.63) is 59.7 Å². The molecule has 0 bridgehead atoms. The van der Waals surface area contributed by atoms with Crippen LogP contribution in [0.3, 0.4) is 0 Å². The molecule has 1 saturated heterocycles. The molecule has 1 aliphatic rings. The summed E-state index contributed by atoms with van der Waals surface area (Å²) in [4.78, 5) is 40.4. The molecule has 0 aliphatic carbocycles. The van der Waals surface area contributed by atoms with Crippen LogP contribution in [-0.4, -0.2) is 76.8 Å². The molecule has 0 saturated carbocycles. The number of likely N-dealkylation sites (tertiary alicyclic amines) is 1. The summed E-state index contributed by atoms with van der Waals surface area (Å²) in [6.07, 6.45) is 4.73. The number of carbonyl (C=O) groups excluding carboxylic acids is 2. The molecule has 2 heterocycles. The predicted octanol–water partition coefficient (Wildman–Crippen LogP) is 2.23. The first-order chi connectivity index (χ1) is 14.4. The van der Waals surface area contributed by atoms with Crippen molar-refractivity contribution in [2.45, 2.75) is 26.3 Å². The number of nitrogens with zero attached hydrogens (tertiary/aromatic N) is 5. The van der Waals surface area contributed by atoms with Gasteiger partial charge in [0.15, 0.2) is 0 Å². The SMILES string of the molecule is Cc1cnc(C(=O)N2CCCC(C(=O)N(CCN(C)C)Cc3ccccc3)C2)cn1. The molecule has 2 amide bonds. The number of hydrogen-bond acceptors (Lipinski definition) is 5. The molecule has 160 valence electrons. The molecule has 0 N–H and O–H groups in total. The fraction of sp³-hybridized carbons (Fsp3) is 0.478. The fourth-order valence-electron chi connectivity index (χ4n) is 3.68. The molecule has 1 atom stereocenters. The zero-order valence-corrected chi connectivity index (χ0v) is 18.1. The molecule has 0 radical (unpaired) electrons. The molecule has 7 nitrogen and oxygen atoms in total. The Labute approximate surface area is 178 Å². The largest absolute Gasteiger partial charge is 0.337 e. The number of benzene rings is 1. The van der Waals surface area contributed by atoms with Gasteiger partial charge >= 0.3 is 0 Å². The van der Waals surface area contributed by atoms with E-state index in [4.69, 9.17) is 0 Å². The molecule has 2 aromatic rings. The van der Waals surface area contributed by atoms with Crippen LogP contribution in [0.4, 0.5) is 0 Å². The van der Waals surface area contributed by atoms with Crippen LogP contribution in [0.15, 0.2) is 42.7 Å².